The van der Waals surface area contributed by atoms with Crippen LogP contribution in [-0.2, 0) is 37.8 Å². The Morgan fingerprint density at radius 2 is 0.909 bits per heavy atom. The highest BCUT2D eigenvalue weighted by atomic mass is 28.4. The van der Waals surface area contributed by atoms with Gasteiger partial charge < -0.3 is 28.8 Å². The van der Waals surface area contributed by atoms with Crippen LogP contribution in [0.5, 0.6) is 0 Å². The summed E-state index contributed by atoms with van der Waals surface area (Å²) in [6.07, 6.45) is -2.33. The SMILES string of the molecule is CC(C)(C)OC(=O)CN1CCN(CC(=O)OC(C)(C)C)CCN([C@@H]2CN(C(=O)O)[C@H](C(=O)O)[C@H]2O[Si](C)(C)C(C)(C)C)CCN(CC(=O)OC(C)(C)C)CC1. The van der Waals surface area contributed by atoms with Crippen LogP contribution in [0, 0.1) is 0 Å². The molecule has 318 valence electrons. The van der Waals surface area contributed by atoms with Gasteiger partial charge in [-0.05, 0) is 80.4 Å². The number of likely N-dealkylation sites (tertiary alicyclic amines) is 1. The van der Waals surface area contributed by atoms with Gasteiger partial charge in [-0.2, -0.15) is 0 Å². The molecule has 2 N–H and O–H groups in total. The van der Waals surface area contributed by atoms with Crippen molar-refractivity contribution in [1.82, 2.24) is 24.5 Å². The lowest BCUT2D eigenvalue weighted by atomic mass is 10.1. The minimum Gasteiger partial charge on any atom is -0.480 e. The Bertz CT molecular complexity index is 1290. The Hall–Kier alpha value is -2.83. The number of carbonyl (C=O) groups is 5. The molecule has 0 aromatic rings. The maximum absolute atomic E-state index is 13.2. The molecule has 2 heterocycles. The summed E-state index contributed by atoms with van der Waals surface area (Å²) in [5.74, 6) is -2.52. The Balaban J connectivity index is 2.61. The molecule has 0 aromatic carbocycles. The number of esters is 3. The summed E-state index contributed by atoms with van der Waals surface area (Å²) in [5.41, 5.74) is -2.10. The maximum atomic E-state index is 13.2. The molecule has 0 aromatic heterocycles. The van der Waals surface area contributed by atoms with Crippen molar-refractivity contribution in [1.29, 1.82) is 0 Å². The highest BCUT2D eigenvalue weighted by Crippen LogP contribution is 2.40. The first kappa shape index (κ1) is 48.3. The van der Waals surface area contributed by atoms with Gasteiger partial charge in [-0.15, -0.1) is 0 Å². The van der Waals surface area contributed by atoms with Gasteiger partial charge in [0.1, 0.15) is 16.8 Å². The van der Waals surface area contributed by atoms with Crippen LogP contribution in [0.25, 0.3) is 0 Å². The van der Waals surface area contributed by atoms with E-state index in [0.29, 0.717) is 52.4 Å². The molecule has 2 aliphatic heterocycles. The number of amides is 1. The third-order valence-electron chi connectivity index (χ3n) is 9.80. The van der Waals surface area contributed by atoms with Crippen molar-refractivity contribution in [3.8, 4) is 0 Å². The van der Waals surface area contributed by atoms with Crippen molar-refractivity contribution >= 4 is 38.3 Å². The zero-order valence-corrected chi connectivity index (χ0v) is 37.0. The maximum Gasteiger partial charge on any atom is 0.408 e. The molecule has 2 fully saturated rings. The fourth-order valence-electron chi connectivity index (χ4n) is 6.29. The fraction of sp³-hybridized carbons (Fsp3) is 0.868. The van der Waals surface area contributed by atoms with E-state index in [1.807, 2.05) is 53.5 Å². The first-order valence-corrected chi connectivity index (χ1v) is 22.2. The molecule has 0 bridgehead atoms. The zero-order chi connectivity index (χ0) is 42.3. The van der Waals surface area contributed by atoms with Gasteiger partial charge in [0.05, 0.1) is 31.8 Å². The zero-order valence-electron chi connectivity index (χ0n) is 36.0. The Morgan fingerprint density at radius 1 is 0.582 bits per heavy atom. The van der Waals surface area contributed by atoms with E-state index in [9.17, 15) is 34.2 Å². The molecule has 2 saturated heterocycles. The van der Waals surface area contributed by atoms with Crippen molar-refractivity contribution in [2.45, 2.75) is 136 Å². The summed E-state index contributed by atoms with van der Waals surface area (Å²) in [7, 11) is -2.63. The van der Waals surface area contributed by atoms with Crippen molar-refractivity contribution < 1.29 is 52.8 Å². The molecule has 0 radical (unpaired) electrons. The second kappa shape index (κ2) is 19.1. The van der Waals surface area contributed by atoms with Gasteiger partial charge in [0, 0.05) is 58.9 Å². The van der Waals surface area contributed by atoms with Crippen LogP contribution in [0.3, 0.4) is 0 Å². The van der Waals surface area contributed by atoms with Crippen LogP contribution in [-0.4, -0.2) is 187 Å². The van der Waals surface area contributed by atoms with E-state index in [1.165, 1.54) is 0 Å². The summed E-state index contributed by atoms with van der Waals surface area (Å²) < 4.78 is 23.8. The lowest BCUT2D eigenvalue weighted by Crippen LogP contribution is -2.57. The monoisotopic (exact) mass is 801 g/mol. The van der Waals surface area contributed by atoms with E-state index < -0.39 is 73.3 Å². The predicted octanol–water partition coefficient (Wildman–Crippen LogP) is 3.44. The first-order valence-electron chi connectivity index (χ1n) is 19.3. The summed E-state index contributed by atoms with van der Waals surface area (Å²) in [6, 6.07) is -2.08. The average Bonchev–Trinajstić information content (AvgIpc) is 3.32. The minimum atomic E-state index is -2.63. The Morgan fingerprint density at radius 3 is 1.18 bits per heavy atom. The summed E-state index contributed by atoms with van der Waals surface area (Å²) in [5, 5.41) is 20.4. The van der Waals surface area contributed by atoms with Crippen molar-refractivity contribution in [3.63, 3.8) is 0 Å². The first-order chi connectivity index (χ1) is 24.9. The normalized spacial score (nSPS) is 22.7. The van der Waals surface area contributed by atoms with Crippen molar-refractivity contribution in [3.05, 3.63) is 0 Å². The Kier molecular flexibility index (Phi) is 16.8. The largest absolute Gasteiger partial charge is 0.480 e. The van der Waals surface area contributed by atoms with Crippen LogP contribution in [0.1, 0.15) is 83.1 Å². The number of ether oxygens (including phenoxy) is 3. The van der Waals surface area contributed by atoms with E-state index in [1.54, 1.807) is 62.3 Å². The van der Waals surface area contributed by atoms with E-state index >= 15 is 0 Å². The number of carboxylic acid groups (broad SMARTS) is 2. The molecular formula is C38H71N5O11Si. The van der Waals surface area contributed by atoms with E-state index in [2.05, 4.69) is 0 Å². The number of aliphatic carboxylic acids is 1. The molecule has 2 aliphatic rings. The molecule has 1 amide bonds. The molecule has 55 heavy (non-hydrogen) atoms. The van der Waals surface area contributed by atoms with Gasteiger partial charge in [-0.3, -0.25) is 38.9 Å². The second-order valence-corrected chi connectivity index (χ2v) is 24.0. The molecule has 0 saturated carbocycles. The average molecular weight is 802 g/mol. The highest BCUT2D eigenvalue weighted by molar-refractivity contribution is 6.74. The Labute approximate surface area is 329 Å². The van der Waals surface area contributed by atoms with Gasteiger partial charge in [0.15, 0.2) is 14.4 Å². The molecule has 0 spiro atoms. The number of carbonyl (C=O) groups excluding carboxylic acids is 3. The number of rotatable bonds is 10. The number of carboxylic acids is 1. The van der Waals surface area contributed by atoms with Gasteiger partial charge >= 0.3 is 30.0 Å². The smallest absolute Gasteiger partial charge is 0.408 e. The van der Waals surface area contributed by atoms with Gasteiger partial charge in [0.25, 0.3) is 0 Å². The summed E-state index contributed by atoms with van der Waals surface area (Å²) in [6.45, 7) is 29.0. The highest BCUT2D eigenvalue weighted by Gasteiger charge is 2.54. The molecule has 16 nitrogen and oxygen atoms in total. The predicted molar refractivity (Wildman–Crippen MR) is 210 cm³/mol. The van der Waals surface area contributed by atoms with Crippen LogP contribution in [0.15, 0.2) is 0 Å². The number of hydrogen-bond acceptors (Lipinski definition) is 13. The molecule has 0 unspecified atom stereocenters. The van der Waals surface area contributed by atoms with Gasteiger partial charge in [-0.25, -0.2) is 9.59 Å². The third-order valence-corrected chi connectivity index (χ3v) is 14.3. The van der Waals surface area contributed by atoms with Gasteiger partial charge in [0.2, 0.25) is 0 Å². The van der Waals surface area contributed by atoms with Gasteiger partial charge in [-0.1, -0.05) is 20.8 Å². The second-order valence-electron chi connectivity index (χ2n) is 19.3. The molecule has 2 rings (SSSR count). The van der Waals surface area contributed by atoms with Crippen LogP contribution < -0.4 is 0 Å². The third kappa shape index (κ3) is 16.7. The van der Waals surface area contributed by atoms with Crippen molar-refractivity contribution in [2.24, 2.45) is 0 Å². The van der Waals surface area contributed by atoms with Crippen molar-refractivity contribution in [2.75, 3.05) is 78.5 Å². The van der Waals surface area contributed by atoms with Crippen LogP contribution in [0.4, 0.5) is 4.79 Å². The summed E-state index contributed by atoms with van der Waals surface area (Å²) in [4.78, 5) is 73.5. The summed E-state index contributed by atoms with van der Waals surface area (Å²) >= 11 is 0. The van der Waals surface area contributed by atoms with E-state index in [4.69, 9.17) is 18.6 Å². The molecule has 0 aliphatic carbocycles. The minimum absolute atomic E-state index is 0.0000933. The molecule has 17 heteroatoms. The molecular weight excluding hydrogens is 731 g/mol. The lowest BCUT2D eigenvalue weighted by molar-refractivity contribution is -0.158. The molecule has 3 atom stereocenters. The van der Waals surface area contributed by atoms with E-state index in [-0.39, 0.29) is 31.2 Å². The lowest BCUT2D eigenvalue weighted by Gasteiger charge is -2.43. The topological polar surface area (TPSA) is 179 Å². The number of hydrogen-bond donors (Lipinski definition) is 2. The quantitative estimate of drug-likeness (QED) is 0.186. The van der Waals surface area contributed by atoms with E-state index in [0.717, 1.165) is 4.90 Å². The van der Waals surface area contributed by atoms with Crippen LogP contribution >= 0.6 is 0 Å². The standard InChI is InChI=1S/C38H71N5O11Si/c1-35(2,3)51-28(44)24-39-15-17-40(25-29(45)52-36(4,5)6)19-21-42(22-20-41(18-16-39)26-30(46)53-37(7,8)9)27-23-43(34(49)50)31(33(47)48)32(27)54-55(13,14)38(10,11)12/h27,31-32H,15-26H2,1-14H3,(H,47,48)(H,49,50)/t27-,31+,32+/m1/s1. The number of nitrogens with zero attached hydrogens (tertiary/aromatic N) is 5. The van der Waals surface area contributed by atoms with Crippen LogP contribution in [0.2, 0.25) is 18.1 Å². The fourth-order valence-corrected chi connectivity index (χ4v) is 7.61.